The lowest BCUT2D eigenvalue weighted by Crippen LogP contribution is -2.53. The molecule has 2 aliphatic heterocycles. The summed E-state index contributed by atoms with van der Waals surface area (Å²) in [6.07, 6.45) is 5.51. The van der Waals surface area contributed by atoms with Crippen molar-refractivity contribution >= 4 is 12.0 Å². The summed E-state index contributed by atoms with van der Waals surface area (Å²) in [6, 6.07) is 0.466. The number of carbonyl (C=O) groups is 2. The maximum atomic E-state index is 11.9. The summed E-state index contributed by atoms with van der Waals surface area (Å²) in [5.74, 6) is -0.923. The topological polar surface area (TPSA) is 81.7 Å². The molecule has 3 aliphatic rings. The van der Waals surface area contributed by atoms with Gasteiger partial charge in [0.05, 0.1) is 0 Å². The molecule has 0 spiro atoms. The highest BCUT2D eigenvalue weighted by molar-refractivity contribution is 5.89. The van der Waals surface area contributed by atoms with Crippen molar-refractivity contribution in [3.8, 4) is 0 Å². The molecule has 6 nitrogen and oxygen atoms in total. The second-order valence-corrected chi connectivity index (χ2v) is 6.04. The van der Waals surface area contributed by atoms with Gasteiger partial charge in [-0.3, -0.25) is 0 Å². The molecule has 2 unspecified atom stereocenters. The summed E-state index contributed by atoms with van der Waals surface area (Å²) in [7, 11) is 0. The van der Waals surface area contributed by atoms with Crippen LogP contribution in [0, 0.1) is 0 Å². The Morgan fingerprint density at radius 3 is 2.68 bits per heavy atom. The van der Waals surface area contributed by atoms with E-state index in [4.69, 9.17) is 5.11 Å². The molecule has 0 aromatic carbocycles. The Bertz CT molecular complexity index is 395. The van der Waals surface area contributed by atoms with Crippen LogP contribution < -0.4 is 10.6 Å². The Balaban J connectivity index is 1.49. The lowest BCUT2D eigenvalue weighted by molar-refractivity contribution is -0.140. The molecule has 1 saturated carbocycles. The number of aliphatic carboxylic acids is 1. The highest BCUT2D eigenvalue weighted by atomic mass is 16.4. The Labute approximate surface area is 112 Å². The van der Waals surface area contributed by atoms with E-state index >= 15 is 0 Å². The van der Waals surface area contributed by atoms with Crippen LogP contribution >= 0.6 is 0 Å². The number of rotatable bonds is 3. The molecule has 6 heteroatoms. The van der Waals surface area contributed by atoms with E-state index in [0.717, 1.165) is 19.4 Å². The summed E-state index contributed by atoms with van der Waals surface area (Å²) >= 11 is 0. The largest absolute Gasteiger partial charge is 0.480 e. The first-order chi connectivity index (χ1) is 9.09. The minimum absolute atomic E-state index is 0.184. The van der Waals surface area contributed by atoms with Crippen LogP contribution in [0.1, 0.15) is 38.5 Å². The number of amides is 2. The average Bonchev–Trinajstić information content (AvgIpc) is 2.99. The Kier molecular flexibility index (Phi) is 3.12. The van der Waals surface area contributed by atoms with Crippen molar-refractivity contribution in [3.63, 3.8) is 0 Å². The molecule has 1 aliphatic carbocycles. The predicted octanol–water partition coefficient (Wildman–Crippen LogP) is 0.530. The van der Waals surface area contributed by atoms with Crippen molar-refractivity contribution in [2.24, 2.45) is 0 Å². The number of carboxylic acid groups (broad SMARTS) is 1. The van der Waals surface area contributed by atoms with E-state index in [9.17, 15) is 9.59 Å². The molecule has 0 aromatic heterocycles. The normalized spacial score (nSPS) is 32.4. The van der Waals surface area contributed by atoms with Gasteiger partial charge >= 0.3 is 12.0 Å². The van der Waals surface area contributed by atoms with Crippen molar-refractivity contribution in [1.82, 2.24) is 15.5 Å². The smallest absolute Gasteiger partial charge is 0.329 e. The van der Waals surface area contributed by atoms with Crippen LogP contribution in [0.15, 0.2) is 0 Å². The van der Waals surface area contributed by atoms with Crippen LogP contribution in [0.2, 0.25) is 0 Å². The van der Waals surface area contributed by atoms with Crippen molar-refractivity contribution in [3.05, 3.63) is 0 Å². The third-order valence-corrected chi connectivity index (χ3v) is 4.67. The number of hydrogen-bond acceptors (Lipinski definition) is 3. The van der Waals surface area contributed by atoms with Crippen molar-refractivity contribution < 1.29 is 14.7 Å². The first-order valence-electron chi connectivity index (χ1n) is 7.15. The van der Waals surface area contributed by atoms with Gasteiger partial charge < -0.3 is 20.6 Å². The van der Waals surface area contributed by atoms with Gasteiger partial charge in [0.1, 0.15) is 5.54 Å². The standard InChI is InChI=1S/C13H21N3O3/c17-11(18)13(4-5-13)15-12(19)14-9-3-7-16-6-1-2-10(16)8-9/h9-10H,1-8H2,(H,17,18)(H2,14,15,19). The second-order valence-electron chi connectivity index (χ2n) is 6.04. The maximum Gasteiger partial charge on any atom is 0.329 e. The van der Waals surface area contributed by atoms with E-state index in [1.165, 1.54) is 19.4 Å². The zero-order valence-corrected chi connectivity index (χ0v) is 11.0. The summed E-state index contributed by atoms with van der Waals surface area (Å²) in [6.45, 7) is 2.23. The second kappa shape index (κ2) is 4.67. The number of piperidine rings is 1. The summed E-state index contributed by atoms with van der Waals surface area (Å²) < 4.78 is 0. The number of nitrogens with zero attached hydrogens (tertiary/aromatic N) is 1. The van der Waals surface area contributed by atoms with Crippen LogP contribution in [0.5, 0.6) is 0 Å². The first-order valence-corrected chi connectivity index (χ1v) is 7.15. The van der Waals surface area contributed by atoms with Gasteiger partial charge in [0.2, 0.25) is 0 Å². The van der Waals surface area contributed by atoms with E-state index in [2.05, 4.69) is 15.5 Å². The van der Waals surface area contributed by atoms with E-state index < -0.39 is 11.5 Å². The molecule has 2 amide bonds. The van der Waals surface area contributed by atoms with Crippen LogP contribution in [0.25, 0.3) is 0 Å². The summed E-state index contributed by atoms with van der Waals surface area (Å²) in [5.41, 5.74) is -0.988. The monoisotopic (exact) mass is 267 g/mol. The van der Waals surface area contributed by atoms with E-state index in [1.807, 2.05) is 0 Å². The molecule has 3 fully saturated rings. The molecule has 0 aromatic rings. The predicted molar refractivity (Wildman–Crippen MR) is 68.9 cm³/mol. The van der Waals surface area contributed by atoms with Crippen LogP contribution in [-0.4, -0.2) is 52.7 Å². The van der Waals surface area contributed by atoms with Gasteiger partial charge in [-0.2, -0.15) is 0 Å². The van der Waals surface area contributed by atoms with E-state index in [1.54, 1.807) is 0 Å². The molecule has 19 heavy (non-hydrogen) atoms. The highest BCUT2D eigenvalue weighted by Gasteiger charge is 2.51. The lowest BCUT2D eigenvalue weighted by Gasteiger charge is -2.35. The van der Waals surface area contributed by atoms with E-state index in [0.29, 0.717) is 18.9 Å². The number of carboxylic acids is 1. The molecular formula is C13H21N3O3. The summed E-state index contributed by atoms with van der Waals surface area (Å²) in [5, 5.41) is 14.6. The van der Waals surface area contributed by atoms with Gasteiger partial charge in [0, 0.05) is 18.6 Å². The van der Waals surface area contributed by atoms with Crippen LogP contribution in [-0.2, 0) is 4.79 Å². The van der Waals surface area contributed by atoms with Crippen LogP contribution in [0.4, 0.5) is 4.79 Å². The maximum absolute atomic E-state index is 11.9. The Hall–Kier alpha value is -1.30. The number of fused-ring (bicyclic) bond motifs is 1. The lowest BCUT2D eigenvalue weighted by atomic mass is 9.98. The van der Waals surface area contributed by atoms with Crippen molar-refractivity contribution in [2.45, 2.75) is 56.1 Å². The SMILES string of the molecule is O=C(NC1CCN2CCCC2C1)NC1(C(=O)O)CC1. The quantitative estimate of drug-likeness (QED) is 0.696. The molecule has 3 rings (SSSR count). The molecular weight excluding hydrogens is 246 g/mol. The third-order valence-electron chi connectivity index (χ3n) is 4.67. The van der Waals surface area contributed by atoms with Crippen molar-refractivity contribution in [2.75, 3.05) is 13.1 Å². The molecule has 2 saturated heterocycles. The number of carbonyl (C=O) groups excluding carboxylic acids is 1. The average molecular weight is 267 g/mol. The zero-order chi connectivity index (χ0) is 13.5. The molecule has 106 valence electrons. The van der Waals surface area contributed by atoms with Gasteiger partial charge in [-0.15, -0.1) is 0 Å². The fourth-order valence-electron chi connectivity index (χ4n) is 3.31. The zero-order valence-electron chi connectivity index (χ0n) is 11.0. The molecule has 2 atom stereocenters. The minimum atomic E-state index is -0.988. The van der Waals surface area contributed by atoms with Gasteiger partial charge in [0.25, 0.3) is 0 Å². The molecule has 3 N–H and O–H groups in total. The number of nitrogens with one attached hydrogen (secondary N) is 2. The minimum Gasteiger partial charge on any atom is -0.480 e. The van der Waals surface area contributed by atoms with Crippen molar-refractivity contribution in [1.29, 1.82) is 0 Å². The molecule has 0 bridgehead atoms. The Morgan fingerprint density at radius 1 is 1.21 bits per heavy atom. The van der Waals surface area contributed by atoms with Gasteiger partial charge in [0.15, 0.2) is 0 Å². The number of urea groups is 1. The van der Waals surface area contributed by atoms with Gasteiger partial charge in [-0.1, -0.05) is 0 Å². The van der Waals surface area contributed by atoms with Crippen LogP contribution in [0.3, 0.4) is 0 Å². The number of hydrogen-bond donors (Lipinski definition) is 3. The highest BCUT2D eigenvalue weighted by Crippen LogP contribution is 2.35. The van der Waals surface area contributed by atoms with Gasteiger partial charge in [-0.25, -0.2) is 9.59 Å². The first kappa shape index (κ1) is 12.7. The fraction of sp³-hybridized carbons (Fsp3) is 0.846. The Morgan fingerprint density at radius 2 is 2.00 bits per heavy atom. The fourth-order valence-corrected chi connectivity index (χ4v) is 3.31. The van der Waals surface area contributed by atoms with Gasteiger partial charge in [-0.05, 0) is 45.1 Å². The molecule has 0 radical (unpaired) electrons. The third kappa shape index (κ3) is 2.54. The summed E-state index contributed by atoms with van der Waals surface area (Å²) in [4.78, 5) is 25.4. The molecule has 2 heterocycles. The van der Waals surface area contributed by atoms with E-state index in [-0.39, 0.29) is 12.1 Å².